The van der Waals surface area contributed by atoms with Gasteiger partial charge in [0.1, 0.15) is 5.54 Å². The maximum Gasteiger partial charge on any atom is 0.122 e. The van der Waals surface area contributed by atoms with Crippen molar-refractivity contribution in [3.05, 3.63) is 0 Å². The van der Waals surface area contributed by atoms with E-state index < -0.39 is 0 Å². The highest BCUT2D eigenvalue weighted by molar-refractivity contribution is 5.17. The molecule has 0 radical (unpaired) electrons. The lowest BCUT2D eigenvalue weighted by Gasteiger charge is -2.36. The molecule has 0 bridgehead atoms. The van der Waals surface area contributed by atoms with Gasteiger partial charge in [0, 0.05) is 19.1 Å². The lowest BCUT2D eigenvalue weighted by molar-refractivity contribution is 0.156. The van der Waals surface area contributed by atoms with E-state index in [4.69, 9.17) is 0 Å². The van der Waals surface area contributed by atoms with E-state index in [2.05, 4.69) is 37.1 Å². The largest absolute Gasteiger partial charge is 0.298 e. The first-order valence-electron chi connectivity index (χ1n) is 7.51. The van der Waals surface area contributed by atoms with Crippen molar-refractivity contribution in [1.82, 2.24) is 10.2 Å². The van der Waals surface area contributed by atoms with Gasteiger partial charge in [-0.05, 0) is 57.9 Å². The molecule has 2 saturated carbocycles. The molecule has 0 amide bonds. The van der Waals surface area contributed by atoms with Gasteiger partial charge < -0.3 is 0 Å². The first-order chi connectivity index (χ1) is 8.61. The third kappa shape index (κ3) is 3.24. The highest BCUT2D eigenvalue weighted by Crippen LogP contribution is 2.40. The van der Waals surface area contributed by atoms with Crippen molar-refractivity contribution in [3.8, 4) is 6.07 Å². The van der Waals surface area contributed by atoms with E-state index in [-0.39, 0.29) is 5.54 Å². The van der Waals surface area contributed by atoms with Crippen LogP contribution in [0, 0.1) is 23.2 Å². The van der Waals surface area contributed by atoms with Crippen LogP contribution < -0.4 is 5.32 Å². The minimum absolute atomic E-state index is 0.298. The minimum atomic E-state index is -0.298. The Kier molecular flexibility index (Phi) is 4.29. The molecule has 0 heterocycles. The fourth-order valence-electron chi connectivity index (χ4n) is 2.80. The lowest BCUT2D eigenvalue weighted by atomic mass is 9.93. The molecule has 2 aliphatic rings. The summed E-state index contributed by atoms with van der Waals surface area (Å²) in [6.07, 6.45) is 5.20. The average molecular weight is 249 g/mol. The summed E-state index contributed by atoms with van der Waals surface area (Å²) in [5.74, 6) is 1.47. The van der Waals surface area contributed by atoms with Crippen molar-refractivity contribution < 1.29 is 0 Å². The third-order valence-electron chi connectivity index (χ3n) is 4.34. The van der Waals surface area contributed by atoms with Crippen LogP contribution in [0.4, 0.5) is 0 Å². The Morgan fingerprint density at radius 3 is 2.39 bits per heavy atom. The molecule has 3 nitrogen and oxygen atoms in total. The van der Waals surface area contributed by atoms with Gasteiger partial charge in [0.05, 0.1) is 6.07 Å². The van der Waals surface area contributed by atoms with Crippen molar-refractivity contribution in [2.24, 2.45) is 11.8 Å². The van der Waals surface area contributed by atoms with Gasteiger partial charge in [-0.15, -0.1) is 0 Å². The number of nitriles is 1. The molecule has 2 fully saturated rings. The first kappa shape index (κ1) is 13.8. The van der Waals surface area contributed by atoms with Crippen LogP contribution in [0.2, 0.25) is 0 Å². The van der Waals surface area contributed by atoms with Gasteiger partial charge in [-0.3, -0.25) is 10.2 Å². The molecule has 0 aliphatic heterocycles. The second-order valence-corrected chi connectivity index (χ2v) is 6.35. The van der Waals surface area contributed by atoms with Crippen LogP contribution in [0.5, 0.6) is 0 Å². The van der Waals surface area contributed by atoms with Crippen LogP contribution >= 0.6 is 0 Å². The molecule has 1 atom stereocenters. The number of likely N-dealkylation sites (N-methyl/N-ethyl adjacent to an activating group) is 1. The molecule has 102 valence electrons. The standard InChI is InChI=1S/C15H27N3/c1-4-17-15(10-16,14-7-8-14)11-18(12(2)3)9-13-5-6-13/h12-14,17H,4-9,11H2,1-3H3. The fourth-order valence-corrected chi connectivity index (χ4v) is 2.80. The van der Waals surface area contributed by atoms with Crippen LogP contribution in [0.15, 0.2) is 0 Å². The SMILES string of the molecule is CCNC(C#N)(CN(CC1CC1)C(C)C)C1CC1. The Balaban J connectivity index is 2.02. The smallest absolute Gasteiger partial charge is 0.122 e. The molecule has 1 unspecified atom stereocenters. The monoisotopic (exact) mass is 249 g/mol. The van der Waals surface area contributed by atoms with Gasteiger partial charge in [0.25, 0.3) is 0 Å². The Morgan fingerprint density at radius 2 is 2.00 bits per heavy atom. The molecule has 1 N–H and O–H groups in total. The van der Waals surface area contributed by atoms with Crippen molar-refractivity contribution in [3.63, 3.8) is 0 Å². The van der Waals surface area contributed by atoms with Gasteiger partial charge in [0.15, 0.2) is 0 Å². The van der Waals surface area contributed by atoms with Crippen LogP contribution in [-0.2, 0) is 0 Å². The molecule has 0 saturated heterocycles. The van der Waals surface area contributed by atoms with Crippen molar-refractivity contribution in [2.45, 2.75) is 58.0 Å². The summed E-state index contributed by atoms with van der Waals surface area (Å²) in [4.78, 5) is 2.52. The quantitative estimate of drug-likeness (QED) is 0.718. The Bertz CT molecular complexity index is 312. The van der Waals surface area contributed by atoms with Crippen LogP contribution in [-0.4, -0.2) is 36.1 Å². The molecular formula is C15H27N3. The number of hydrogen-bond donors (Lipinski definition) is 1. The Hall–Kier alpha value is -0.590. The van der Waals surface area contributed by atoms with E-state index in [1.807, 2.05) is 0 Å². The highest BCUT2D eigenvalue weighted by atomic mass is 15.2. The van der Waals surface area contributed by atoms with Crippen LogP contribution in [0.1, 0.15) is 46.5 Å². The normalized spacial score (nSPS) is 23.1. The minimum Gasteiger partial charge on any atom is -0.298 e. The predicted molar refractivity (Wildman–Crippen MR) is 74.2 cm³/mol. The Labute approximate surface area is 112 Å². The zero-order chi connectivity index (χ0) is 13.2. The van der Waals surface area contributed by atoms with Gasteiger partial charge >= 0.3 is 0 Å². The second kappa shape index (κ2) is 5.59. The number of nitrogens with one attached hydrogen (secondary N) is 1. The molecule has 0 aromatic rings. The van der Waals surface area contributed by atoms with Crippen LogP contribution in [0.25, 0.3) is 0 Å². The summed E-state index contributed by atoms with van der Waals surface area (Å²) in [6.45, 7) is 9.58. The van der Waals surface area contributed by atoms with Gasteiger partial charge in [-0.2, -0.15) is 5.26 Å². The Morgan fingerprint density at radius 1 is 1.33 bits per heavy atom. The van der Waals surface area contributed by atoms with E-state index in [1.54, 1.807) is 0 Å². The summed E-state index contributed by atoms with van der Waals surface area (Å²) in [7, 11) is 0. The summed E-state index contributed by atoms with van der Waals surface area (Å²) >= 11 is 0. The molecular weight excluding hydrogens is 222 g/mol. The molecule has 0 aromatic carbocycles. The molecule has 2 aliphatic carbocycles. The second-order valence-electron chi connectivity index (χ2n) is 6.35. The fraction of sp³-hybridized carbons (Fsp3) is 0.933. The molecule has 3 heteroatoms. The van der Waals surface area contributed by atoms with Gasteiger partial charge in [-0.25, -0.2) is 0 Å². The maximum atomic E-state index is 9.66. The van der Waals surface area contributed by atoms with Crippen molar-refractivity contribution in [1.29, 1.82) is 5.26 Å². The van der Waals surface area contributed by atoms with E-state index in [0.717, 1.165) is 19.0 Å². The van der Waals surface area contributed by atoms with Gasteiger partial charge in [0.2, 0.25) is 0 Å². The lowest BCUT2D eigenvalue weighted by Crippen LogP contribution is -2.56. The number of hydrogen-bond acceptors (Lipinski definition) is 3. The average Bonchev–Trinajstić information content (AvgIpc) is 3.18. The van der Waals surface area contributed by atoms with Crippen molar-refractivity contribution in [2.75, 3.05) is 19.6 Å². The summed E-state index contributed by atoms with van der Waals surface area (Å²) in [6, 6.07) is 3.14. The zero-order valence-corrected chi connectivity index (χ0v) is 12.1. The summed E-state index contributed by atoms with van der Waals surface area (Å²) in [5.41, 5.74) is -0.298. The van der Waals surface area contributed by atoms with Crippen molar-refractivity contribution >= 4 is 0 Å². The molecule has 0 spiro atoms. The van der Waals surface area contributed by atoms with Crippen LogP contribution in [0.3, 0.4) is 0 Å². The van der Waals surface area contributed by atoms with E-state index in [1.165, 1.54) is 32.2 Å². The topological polar surface area (TPSA) is 39.1 Å². The number of rotatable bonds is 8. The summed E-state index contributed by atoms with van der Waals surface area (Å²) in [5, 5.41) is 13.1. The number of nitrogens with zero attached hydrogens (tertiary/aromatic N) is 2. The molecule has 2 rings (SSSR count). The summed E-state index contributed by atoms with van der Waals surface area (Å²) < 4.78 is 0. The molecule has 18 heavy (non-hydrogen) atoms. The first-order valence-corrected chi connectivity index (χ1v) is 7.51. The van der Waals surface area contributed by atoms with E-state index >= 15 is 0 Å². The predicted octanol–water partition coefficient (Wildman–Crippen LogP) is 2.39. The third-order valence-corrected chi connectivity index (χ3v) is 4.34. The highest BCUT2D eigenvalue weighted by Gasteiger charge is 2.46. The van der Waals surface area contributed by atoms with E-state index in [9.17, 15) is 5.26 Å². The maximum absolute atomic E-state index is 9.66. The van der Waals surface area contributed by atoms with Gasteiger partial charge in [-0.1, -0.05) is 6.92 Å². The molecule has 0 aromatic heterocycles. The van der Waals surface area contributed by atoms with E-state index in [0.29, 0.717) is 12.0 Å². The zero-order valence-electron chi connectivity index (χ0n) is 12.1.